The Labute approximate surface area is 123 Å². The predicted molar refractivity (Wildman–Crippen MR) is 83.0 cm³/mol. The van der Waals surface area contributed by atoms with E-state index in [0.29, 0.717) is 17.1 Å². The lowest BCUT2D eigenvalue weighted by atomic mass is 10.1. The molecule has 1 aromatic carbocycles. The topological polar surface area (TPSA) is 68.0 Å². The zero-order valence-electron chi connectivity index (χ0n) is 11.6. The first kappa shape index (κ1) is 14.8. The van der Waals surface area contributed by atoms with Crippen LogP contribution in [0.1, 0.15) is 25.3 Å². The summed E-state index contributed by atoms with van der Waals surface area (Å²) in [6, 6.07) is 4.99. The van der Waals surface area contributed by atoms with Crippen molar-refractivity contribution in [2.45, 2.75) is 32.7 Å². The van der Waals surface area contributed by atoms with Crippen LogP contribution in [0.5, 0.6) is 0 Å². The van der Waals surface area contributed by atoms with Gasteiger partial charge in [0, 0.05) is 11.6 Å². The minimum absolute atomic E-state index is 0.220. The van der Waals surface area contributed by atoms with Gasteiger partial charge in [-0.15, -0.1) is 0 Å². The van der Waals surface area contributed by atoms with Crippen LogP contribution < -0.4 is 11.1 Å². The first-order valence-electron chi connectivity index (χ1n) is 6.64. The molecule has 1 amide bonds. The summed E-state index contributed by atoms with van der Waals surface area (Å²) in [5, 5.41) is 4.16. The Morgan fingerprint density at radius 2 is 2.30 bits per heavy atom. The second-order valence-corrected chi connectivity index (χ2v) is 5.24. The van der Waals surface area contributed by atoms with E-state index in [1.165, 1.54) is 0 Å². The van der Waals surface area contributed by atoms with Crippen LogP contribution >= 0.6 is 11.6 Å². The molecule has 0 saturated heterocycles. The van der Waals surface area contributed by atoms with Gasteiger partial charge in [0.1, 0.15) is 0 Å². The highest BCUT2D eigenvalue weighted by Gasteiger charge is 2.16. The molecule has 1 aromatic heterocycles. The second-order valence-electron chi connectivity index (χ2n) is 4.83. The molecule has 0 aliphatic carbocycles. The van der Waals surface area contributed by atoms with Crippen molar-refractivity contribution in [2.75, 3.05) is 5.32 Å². The monoisotopic (exact) mass is 291 g/mol. The molecule has 0 aliphatic rings. The molecule has 0 fully saturated rings. The van der Waals surface area contributed by atoms with Crippen LogP contribution in [-0.2, 0) is 4.79 Å². The number of anilines is 1. The average Bonchev–Trinajstić information content (AvgIpc) is 2.43. The summed E-state index contributed by atoms with van der Waals surface area (Å²) in [7, 11) is 0. The van der Waals surface area contributed by atoms with Crippen molar-refractivity contribution in [3.05, 3.63) is 35.0 Å². The van der Waals surface area contributed by atoms with Crippen LogP contribution in [-0.4, -0.2) is 16.9 Å². The van der Waals surface area contributed by atoms with Gasteiger partial charge in [0.2, 0.25) is 5.91 Å². The summed E-state index contributed by atoms with van der Waals surface area (Å²) in [6.07, 6.45) is 3.22. The number of halogens is 1. The first-order valence-corrected chi connectivity index (χ1v) is 7.02. The summed E-state index contributed by atoms with van der Waals surface area (Å²) in [5.41, 5.74) is 8.21. The number of nitrogens with two attached hydrogens (primary N) is 1. The van der Waals surface area contributed by atoms with Crippen molar-refractivity contribution < 1.29 is 4.79 Å². The van der Waals surface area contributed by atoms with Gasteiger partial charge < -0.3 is 11.1 Å². The average molecular weight is 292 g/mol. The van der Waals surface area contributed by atoms with Crippen LogP contribution in [0.2, 0.25) is 5.02 Å². The van der Waals surface area contributed by atoms with E-state index in [2.05, 4.69) is 10.3 Å². The minimum Gasteiger partial charge on any atom is -0.323 e. The summed E-state index contributed by atoms with van der Waals surface area (Å²) in [5.74, 6) is -0.220. The van der Waals surface area contributed by atoms with Crippen LogP contribution in [0, 0.1) is 6.92 Å². The summed E-state index contributed by atoms with van der Waals surface area (Å²) < 4.78 is 0. The van der Waals surface area contributed by atoms with Crippen molar-refractivity contribution in [1.82, 2.24) is 4.98 Å². The molecule has 20 heavy (non-hydrogen) atoms. The Bertz CT molecular complexity index is 642. The highest BCUT2D eigenvalue weighted by molar-refractivity contribution is 6.35. The molecule has 1 heterocycles. The molecule has 2 aromatic rings. The zero-order chi connectivity index (χ0) is 14.7. The van der Waals surface area contributed by atoms with Crippen molar-refractivity contribution >= 4 is 34.1 Å². The van der Waals surface area contributed by atoms with Gasteiger partial charge in [-0.25, -0.2) is 0 Å². The van der Waals surface area contributed by atoms with Crippen molar-refractivity contribution in [2.24, 2.45) is 5.73 Å². The SMILES string of the molecule is CCC[C@@H](N)C(=O)Nc1c(Cl)cc(C)c2ncccc12. The third kappa shape index (κ3) is 2.92. The number of pyridine rings is 1. The number of amides is 1. The van der Waals surface area contributed by atoms with Gasteiger partial charge >= 0.3 is 0 Å². The van der Waals surface area contributed by atoms with E-state index in [-0.39, 0.29) is 5.91 Å². The van der Waals surface area contributed by atoms with Gasteiger partial charge in [0.15, 0.2) is 0 Å². The number of aryl methyl sites for hydroxylation is 1. The van der Waals surface area contributed by atoms with E-state index in [1.807, 2.05) is 26.0 Å². The van der Waals surface area contributed by atoms with E-state index in [9.17, 15) is 4.79 Å². The molecule has 0 bridgehead atoms. The lowest BCUT2D eigenvalue weighted by Crippen LogP contribution is -2.35. The number of carbonyl (C=O) groups is 1. The fourth-order valence-electron chi connectivity index (χ4n) is 2.17. The molecule has 0 spiro atoms. The number of nitrogens with zero attached hydrogens (tertiary/aromatic N) is 1. The Morgan fingerprint density at radius 1 is 1.55 bits per heavy atom. The molecule has 0 radical (unpaired) electrons. The van der Waals surface area contributed by atoms with Gasteiger partial charge in [-0.1, -0.05) is 24.9 Å². The third-order valence-electron chi connectivity index (χ3n) is 3.22. The number of carbonyl (C=O) groups excluding carboxylic acids is 1. The molecular formula is C15H18ClN3O. The molecule has 106 valence electrons. The van der Waals surface area contributed by atoms with E-state index in [0.717, 1.165) is 22.9 Å². The molecule has 2 rings (SSSR count). The highest BCUT2D eigenvalue weighted by Crippen LogP contribution is 2.32. The maximum absolute atomic E-state index is 12.1. The normalized spacial score (nSPS) is 12.4. The quantitative estimate of drug-likeness (QED) is 0.908. The Balaban J connectivity index is 2.42. The van der Waals surface area contributed by atoms with Gasteiger partial charge in [-0.2, -0.15) is 0 Å². The predicted octanol–water partition coefficient (Wildman–Crippen LogP) is 3.26. The number of rotatable bonds is 4. The maximum Gasteiger partial charge on any atom is 0.241 e. The van der Waals surface area contributed by atoms with E-state index in [4.69, 9.17) is 17.3 Å². The van der Waals surface area contributed by atoms with Gasteiger partial charge in [-0.05, 0) is 37.1 Å². The van der Waals surface area contributed by atoms with Crippen LogP contribution in [0.4, 0.5) is 5.69 Å². The molecule has 0 unspecified atom stereocenters. The molecule has 0 aliphatic heterocycles. The summed E-state index contributed by atoms with van der Waals surface area (Å²) >= 11 is 6.25. The molecule has 4 nitrogen and oxygen atoms in total. The fourth-order valence-corrected chi connectivity index (χ4v) is 2.48. The summed E-state index contributed by atoms with van der Waals surface area (Å²) in [6.45, 7) is 3.93. The van der Waals surface area contributed by atoms with Crippen molar-refractivity contribution in [3.8, 4) is 0 Å². The maximum atomic E-state index is 12.1. The number of aromatic nitrogens is 1. The smallest absolute Gasteiger partial charge is 0.241 e. The standard InChI is InChI=1S/C15H18ClN3O/c1-3-5-12(17)15(20)19-14-10-6-4-7-18-13(10)9(2)8-11(14)16/h4,6-8,12H,3,5,17H2,1-2H3,(H,19,20)/t12-/m1/s1. The Kier molecular flexibility index (Phi) is 4.57. The summed E-state index contributed by atoms with van der Waals surface area (Å²) in [4.78, 5) is 16.4. The first-order chi connectivity index (χ1) is 9.54. The van der Waals surface area contributed by atoms with Crippen molar-refractivity contribution in [3.63, 3.8) is 0 Å². The zero-order valence-corrected chi connectivity index (χ0v) is 12.4. The van der Waals surface area contributed by atoms with E-state index in [1.54, 1.807) is 12.3 Å². The van der Waals surface area contributed by atoms with E-state index < -0.39 is 6.04 Å². The largest absolute Gasteiger partial charge is 0.323 e. The van der Waals surface area contributed by atoms with Crippen LogP contribution in [0.3, 0.4) is 0 Å². The highest BCUT2D eigenvalue weighted by atomic mass is 35.5. The molecule has 5 heteroatoms. The number of hydrogen-bond acceptors (Lipinski definition) is 3. The number of nitrogens with one attached hydrogen (secondary N) is 1. The molecule has 3 N–H and O–H groups in total. The molecule has 1 atom stereocenters. The van der Waals surface area contributed by atoms with Gasteiger partial charge in [0.05, 0.1) is 22.3 Å². The van der Waals surface area contributed by atoms with E-state index >= 15 is 0 Å². The number of benzene rings is 1. The fraction of sp³-hybridized carbons (Fsp3) is 0.333. The van der Waals surface area contributed by atoms with Crippen molar-refractivity contribution in [1.29, 1.82) is 0 Å². The lowest BCUT2D eigenvalue weighted by molar-refractivity contribution is -0.117. The van der Waals surface area contributed by atoms with Gasteiger partial charge in [0.25, 0.3) is 0 Å². The number of hydrogen-bond donors (Lipinski definition) is 2. The van der Waals surface area contributed by atoms with Gasteiger partial charge in [-0.3, -0.25) is 9.78 Å². The lowest BCUT2D eigenvalue weighted by Gasteiger charge is -2.15. The van der Waals surface area contributed by atoms with Crippen LogP contribution in [0.15, 0.2) is 24.4 Å². The molecular weight excluding hydrogens is 274 g/mol. The molecule has 0 saturated carbocycles. The van der Waals surface area contributed by atoms with Crippen LogP contribution in [0.25, 0.3) is 10.9 Å². The Morgan fingerprint density at radius 3 is 3.00 bits per heavy atom. The second kappa shape index (κ2) is 6.20. The minimum atomic E-state index is -0.524. The number of fused-ring (bicyclic) bond motifs is 1. The Hall–Kier alpha value is -1.65. The third-order valence-corrected chi connectivity index (χ3v) is 3.52.